The van der Waals surface area contributed by atoms with E-state index in [-0.39, 0.29) is 12.5 Å². The zero-order valence-electron chi connectivity index (χ0n) is 16.5. The van der Waals surface area contributed by atoms with Crippen LogP contribution in [0.5, 0.6) is 5.75 Å². The summed E-state index contributed by atoms with van der Waals surface area (Å²) in [5, 5.41) is 13.1. The molecule has 2 aromatic rings. The maximum absolute atomic E-state index is 12.5. The standard InChI is InChI=1S/C22H23BrN2O2S2/c1-3-4-14-6-8-19(18(23)10-14)27-12-20(26)25-21-17(11-24)15-7-5-13(2)9-16(15)22(28)29-21/h6,8,10,13H,3-5,7,9,12H2,1-2H3,(H,25,26). The molecule has 152 valence electrons. The van der Waals surface area contributed by atoms with Crippen LogP contribution in [-0.2, 0) is 24.1 Å². The Balaban J connectivity index is 1.72. The molecule has 7 heteroatoms. The number of amides is 1. The number of halogens is 1. The van der Waals surface area contributed by atoms with Crippen molar-refractivity contribution < 1.29 is 9.53 Å². The summed E-state index contributed by atoms with van der Waals surface area (Å²) in [5.41, 5.74) is 3.87. The number of carbonyl (C=O) groups is 1. The van der Waals surface area contributed by atoms with Gasteiger partial charge in [-0.2, -0.15) is 5.26 Å². The van der Waals surface area contributed by atoms with Gasteiger partial charge in [-0.15, -0.1) is 11.3 Å². The van der Waals surface area contributed by atoms with Gasteiger partial charge in [-0.25, -0.2) is 0 Å². The van der Waals surface area contributed by atoms with Crippen LogP contribution in [0.1, 0.15) is 48.9 Å². The van der Waals surface area contributed by atoms with Crippen molar-refractivity contribution in [2.45, 2.75) is 46.0 Å². The molecule has 1 aliphatic rings. The first-order chi connectivity index (χ1) is 13.9. The highest BCUT2D eigenvalue weighted by atomic mass is 79.9. The average Bonchev–Trinajstić information content (AvgIpc) is 2.68. The molecule has 1 unspecified atom stereocenters. The molecule has 0 aliphatic heterocycles. The fourth-order valence-corrected chi connectivity index (χ4v) is 5.51. The zero-order valence-corrected chi connectivity index (χ0v) is 19.7. The van der Waals surface area contributed by atoms with E-state index in [0.29, 0.717) is 22.2 Å². The molecular formula is C22H23BrN2O2S2. The number of hydrogen-bond acceptors (Lipinski definition) is 5. The molecule has 3 rings (SSSR count). The molecule has 1 aromatic heterocycles. The first-order valence-corrected chi connectivity index (χ1v) is 11.7. The van der Waals surface area contributed by atoms with Crippen molar-refractivity contribution >= 4 is 50.4 Å². The summed E-state index contributed by atoms with van der Waals surface area (Å²) in [6.45, 7) is 4.20. The van der Waals surface area contributed by atoms with Crippen molar-refractivity contribution in [3.05, 3.63) is 48.7 Å². The van der Waals surface area contributed by atoms with Gasteiger partial charge in [-0.3, -0.25) is 4.79 Å². The SMILES string of the molecule is CCCc1ccc(OCC(=O)Nc2sc(=S)c3c(c2C#N)CCC(C)C3)c(Br)c1. The van der Waals surface area contributed by atoms with Crippen LogP contribution in [0, 0.1) is 21.1 Å². The monoisotopic (exact) mass is 490 g/mol. The molecule has 0 saturated carbocycles. The van der Waals surface area contributed by atoms with Crippen molar-refractivity contribution in [3.8, 4) is 11.8 Å². The van der Waals surface area contributed by atoms with Crippen molar-refractivity contribution in [2.24, 2.45) is 5.92 Å². The normalized spacial score (nSPS) is 15.3. The Kier molecular flexibility index (Phi) is 7.44. The minimum Gasteiger partial charge on any atom is -0.483 e. The number of carbonyl (C=O) groups excluding carboxylic acids is 1. The van der Waals surface area contributed by atoms with E-state index < -0.39 is 0 Å². The molecule has 1 aromatic carbocycles. The van der Waals surface area contributed by atoms with E-state index in [1.807, 2.05) is 18.2 Å². The molecule has 0 radical (unpaired) electrons. The molecule has 1 N–H and O–H groups in total. The van der Waals surface area contributed by atoms with Gasteiger partial charge in [0.2, 0.25) is 0 Å². The van der Waals surface area contributed by atoms with E-state index in [4.69, 9.17) is 17.0 Å². The number of benzene rings is 1. The molecule has 0 fully saturated rings. The van der Waals surface area contributed by atoms with Gasteiger partial charge in [0, 0.05) is 0 Å². The van der Waals surface area contributed by atoms with E-state index in [9.17, 15) is 10.1 Å². The van der Waals surface area contributed by atoms with Crippen molar-refractivity contribution in [3.63, 3.8) is 0 Å². The Hall–Kier alpha value is -1.75. The van der Waals surface area contributed by atoms with Gasteiger partial charge < -0.3 is 10.1 Å². The number of ether oxygens (including phenoxy) is 1. The lowest BCUT2D eigenvalue weighted by Crippen LogP contribution is -2.21. The van der Waals surface area contributed by atoms with Gasteiger partial charge in [0.05, 0.1) is 13.9 Å². The topological polar surface area (TPSA) is 62.1 Å². The van der Waals surface area contributed by atoms with E-state index in [2.05, 4.69) is 41.2 Å². The van der Waals surface area contributed by atoms with Crippen LogP contribution in [0.15, 0.2) is 22.7 Å². The molecule has 1 aliphatic carbocycles. The minimum absolute atomic E-state index is 0.135. The van der Waals surface area contributed by atoms with Crippen LogP contribution in [0.3, 0.4) is 0 Å². The Morgan fingerprint density at radius 3 is 2.93 bits per heavy atom. The minimum atomic E-state index is -0.305. The first-order valence-electron chi connectivity index (χ1n) is 9.73. The molecule has 1 amide bonds. The summed E-state index contributed by atoms with van der Waals surface area (Å²) in [6, 6.07) is 8.16. The van der Waals surface area contributed by atoms with Crippen molar-refractivity contribution in [1.82, 2.24) is 0 Å². The quantitative estimate of drug-likeness (QED) is 0.489. The highest BCUT2D eigenvalue weighted by molar-refractivity contribution is 9.10. The highest BCUT2D eigenvalue weighted by Gasteiger charge is 2.23. The third-order valence-electron chi connectivity index (χ3n) is 5.03. The number of anilines is 1. The Morgan fingerprint density at radius 2 is 2.24 bits per heavy atom. The van der Waals surface area contributed by atoms with Crippen LogP contribution in [0.2, 0.25) is 0 Å². The van der Waals surface area contributed by atoms with Crippen LogP contribution in [0.4, 0.5) is 5.00 Å². The van der Waals surface area contributed by atoms with Gasteiger partial charge >= 0.3 is 0 Å². The fourth-order valence-electron chi connectivity index (χ4n) is 3.56. The molecule has 0 saturated heterocycles. The Morgan fingerprint density at radius 1 is 1.45 bits per heavy atom. The third kappa shape index (κ3) is 5.25. The molecule has 0 bridgehead atoms. The number of rotatable bonds is 6. The van der Waals surface area contributed by atoms with E-state index >= 15 is 0 Å². The number of fused-ring (bicyclic) bond motifs is 1. The maximum Gasteiger partial charge on any atom is 0.262 e. The predicted molar refractivity (Wildman–Crippen MR) is 123 cm³/mol. The summed E-state index contributed by atoms with van der Waals surface area (Å²) in [5.74, 6) is 0.882. The average molecular weight is 491 g/mol. The van der Waals surface area contributed by atoms with Gasteiger partial charge in [0.25, 0.3) is 5.91 Å². The first kappa shape index (κ1) is 21.9. The molecule has 29 heavy (non-hydrogen) atoms. The smallest absolute Gasteiger partial charge is 0.262 e. The van der Waals surface area contributed by atoms with Crippen LogP contribution in [0.25, 0.3) is 0 Å². The van der Waals surface area contributed by atoms with Gasteiger partial charge in [0.1, 0.15) is 16.8 Å². The predicted octanol–water partition coefficient (Wildman–Crippen LogP) is 6.21. The molecule has 1 heterocycles. The summed E-state index contributed by atoms with van der Waals surface area (Å²) >= 11 is 10.4. The summed E-state index contributed by atoms with van der Waals surface area (Å²) in [7, 11) is 0. The maximum atomic E-state index is 12.5. The van der Waals surface area contributed by atoms with Crippen molar-refractivity contribution in [2.75, 3.05) is 11.9 Å². The largest absolute Gasteiger partial charge is 0.483 e. The fraction of sp³-hybridized carbons (Fsp3) is 0.409. The van der Waals surface area contributed by atoms with E-state index in [0.717, 1.165) is 51.5 Å². The zero-order chi connectivity index (χ0) is 21.0. The molecule has 4 nitrogen and oxygen atoms in total. The third-order valence-corrected chi connectivity index (χ3v) is 7.09. The molecular weight excluding hydrogens is 468 g/mol. The lowest BCUT2D eigenvalue weighted by atomic mass is 9.85. The summed E-state index contributed by atoms with van der Waals surface area (Å²) in [4.78, 5) is 12.5. The van der Waals surface area contributed by atoms with E-state index in [1.165, 1.54) is 16.9 Å². The second-order valence-corrected chi connectivity index (χ2v) is 9.90. The number of nitriles is 1. The molecule has 1 atom stereocenters. The number of aryl methyl sites for hydroxylation is 1. The second-order valence-electron chi connectivity index (χ2n) is 7.36. The Labute approximate surface area is 189 Å². The summed E-state index contributed by atoms with van der Waals surface area (Å²) < 4.78 is 7.26. The lowest BCUT2D eigenvalue weighted by molar-refractivity contribution is -0.118. The van der Waals surface area contributed by atoms with Crippen molar-refractivity contribution in [1.29, 1.82) is 5.26 Å². The number of nitrogens with zero attached hydrogens (tertiary/aromatic N) is 1. The highest BCUT2D eigenvalue weighted by Crippen LogP contribution is 2.36. The summed E-state index contributed by atoms with van der Waals surface area (Å²) in [6.07, 6.45) is 4.83. The number of hydrogen-bond donors (Lipinski definition) is 1. The molecule has 0 spiro atoms. The van der Waals surface area contributed by atoms with Gasteiger partial charge in [0.15, 0.2) is 6.61 Å². The Bertz CT molecular complexity index is 1030. The van der Waals surface area contributed by atoms with Gasteiger partial charge in [-0.05, 0) is 76.4 Å². The number of nitrogens with one attached hydrogen (secondary N) is 1. The van der Waals surface area contributed by atoms with Gasteiger partial charge in [-0.1, -0.05) is 38.6 Å². The van der Waals surface area contributed by atoms with Crippen LogP contribution in [-0.4, -0.2) is 12.5 Å². The second kappa shape index (κ2) is 9.84. The van der Waals surface area contributed by atoms with Crippen LogP contribution < -0.4 is 10.1 Å². The lowest BCUT2D eigenvalue weighted by Gasteiger charge is -2.23. The van der Waals surface area contributed by atoms with E-state index in [1.54, 1.807) is 0 Å². The van der Waals surface area contributed by atoms with Crippen LogP contribution >= 0.6 is 39.5 Å².